The van der Waals surface area contributed by atoms with Gasteiger partial charge in [0.05, 0.1) is 18.2 Å². The molecule has 4 heteroatoms. The lowest BCUT2D eigenvalue weighted by molar-refractivity contribution is 0.415. The van der Waals surface area contributed by atoms with E-state index in [1.165, 1.54) is 0 Å². The molecule has 0 unspecified atom stereocenters. The van der Waals surface area contributed by atoms with Gasteiger partial charge < -0.3 is 9.15 Å². The molecular formula is C24H16ClNO2. The molecular weight excluding hydrogens is 370 g/mol. The van der Waals surface area contributed by atoms with Crippen LogP contribution in [0.1, 0.15) is 0 Å². The quantitative estimate of drug-likeness (QED) is 0.338. The zero-order valence-corrected chi connectivity index (χ0v) is 15.9. The van der Waals surface area contributed by atoms with Crippen molar-refractivity contribution in [2.75, 3.05) is 7.11 Å². The Morgan fingerprint density at radius 1 is 0.857 bits per heavy atom. The summed E-state index contributed by atoms with van der Waals surface area (Å²) in [6.45, 7) is 0. The fraction of sp³-hybridized carbons (Fsp3) is 0.0417. The third-order valence-electron chi connectivity index (χ3n) is 4.89. The van der Waals surface area contributed by atoms with E-state index < -0.39 is 0 Å². The molecule has 5 rings (SSSR count). The molecule has 0 bridgehead atoms. The van der Waals surface area contributed by atoms with Crippen LogP contribution < -0.4 is 4.74 Å². The minimum Gasteiger partial charge on any atom is -0.497 e. The lowest BCUT2D eigenvalue weighted by Gasteiger charge is -2.12. The minimum atomic E-state index is 0.625. The third kappa shape index (κ3) is 2.81. The van der Waals surface area contributed by atoms with E-state index in [1.807, 2.05) is 66.7 Å². The molecule has 3 aromatic carbocycles. The van der Waals surface area contributed by atoms with Crippen LogP contribution in [0.5, 0.6) is 5.75 Å². The Morgan fingerprint density at radius 3 is 2.32 bits per heavy atom. The predicted octanol–water partition coefficient (Wildman–Crippen LogP) is 6.93. The van der Waals surface area contributed by atoms with Crippen molar-refractivity contribution in [2.45, 2.75) is 0 Å². The molecule has 0 spiro atoms. The van der Waals surface area contributed by atoms with Gasteiger partial charge in [0.2, 0.25) is 5.89 Å². The summed E-state index contributed by atoms with van der Waals surface area (Å²) in [5, 5.41) is 1.79. The van der Waals surface area contributed by atoms with Gasteiger partial charge in [-0.15, -0.1) is 0 Å². The highest BCUT2D eigenvalue weighted by Gasteiger charge is 2.21. The van der Waals surface area contributed by atoms with Crippen LogP contribution in [-0.2, 0) is 0 Å². The monoisotopic (exact) mass is 385 g/mol. The number of hydrogen-bond acceptors (Lipinski definition) is 3. The molecule has 0 amide bonds. The molecule has 0 fully saturated rings. The van der Waals surface area contributed by atoms with Gasteiger partial charge in [-0.3, -0.25) is 0 Å². The lowest BCUT2D eigenvalue weighted by Crippen LogP contribution is -1.89. The molecule has 0 atom stereocenters. The number of fused-ring (bicyclic) bond motifs is 3. The van der Waals surface area contributed by atoms with E-state index >= 15 is 0 Å². The van der Waals surface area contributed by atoms with E-state index in [2.05, 4.69) is 12.1 Å². The van der Waals surface area contributed by atoms with Crippen LogP contribution in [0.4, 0.5) is 0 Å². The van der Waals surface area contributed by atoms with Crippen molar-refractivity contribution < 1.29 is 9.15 Å². The fourth-order valence-corrected chi connectivity index (χ4v) is 3.61. The topological polar surface area (TPSA) is 35.3 Å². The van der Waals surface area contributed by atoms with Gasteiger partial charge in [-0.1, -0.05) is 41.9 Å². The summed E-state index contributed by atoms with van der Waals surface area (Å²) in [7, 11) is 1.66. The highest BCUT2D eigenvalue weighted by Crippen LogP contribution is 2.42. The van der Waals surface area contributed by atoms with Crippen LogP contribution in [0.15, 0.2) is 83.3 Å². The molecule has 0 N–H and O–H groups in total. The van der Waals surface area contributed by atoms with E-state index in [4.69, 9.17) is 25.7 Å². The fourth-order valence-electron chi connectivity index (χ4n) is 3.49. The first kappa shape index (κ1) is 16.8. The first-order valence-electron chi connectivity index (χ1n) is 8.95. The summed E-state index contributed by atoms with van der Waals surface area (Å²) in [5.41, 5.74) is 5.03. The van der Waals surface area contributed by atoms with Crippen molar-refractivity contribution >= 4 is 22.5 Å². The molecule has 0 aromatic heterocycles. The van der Waals surface area contributed by atoms with E-state index in [0.717, 1.165) is 44.7 Å². The van der Waals surface area contributed by atoms with Gasteiger partial charge in [0, 0.05) is 16.0 Å². The number of halogens is 1. The number of nitrogens with zero attached hydrogens (tertiary/aromatic N) is 1. The summed E-state index contributed by atoms with van der Waals surface area (Å²) in [6, 6.07) is 25.8. The zero-order chi connectivity index (χ0) is 19.1. The van der Waals surface area contributed by atoms with Crippen molar-refractivity contribution in [3.63, 3.8) is 0 Å². The van der Waals surface area contributed by atoms with Crippen molar-refractivity contribution in [3.8, 4) is 39.7 Å². The summed E-state index contributed by atoms with van der Waals surface area (Å²) in [5.74, 6) is 2.18. The molecule has 0 saturated heterocycles. The Labute approximate surface area is 167 Å². The van der Waals surface area contributed by atoms with Gasteiger partial charge in [-0.25, -0.2) is 4.98 Å². The first-order valence-corrected chi connectivity index (χ1v) is 9.33. The Hall–Kier alpha value is -3.30. The van der Waals surface area contributed by atoms with Crippen molar-refractivity contribution in [2.24, 2.45) is 0 Å². The number of methoxy groups -OCH3 is 1. The maximum absolute atomic E-state index is 6.21. The van der Waals surface area contributed by atoms with Crippen LogP contribution in [0.2, 0.25) is 5.02 Å². The smallest absolute Gasteiger partial charge is 0.228 e. The molecule has 28 heavy (non-hydrogen) atoms. The Kier molecular flexibility index (Phi) is 4.03. The van der Waals surface area contributed by atoms with Crippen molar-refractivity contribution in [1.29, 1.82) is 0 Å². The SMILES string of the molecule is COc1ccc(-c2cc(-c3ccc(Cl)cc3)c3c4ccccc4nc-3o2)cc1. The number of rotatable bonds is 3. The Balaban J connectivity index is 1.79. The largest absolute Gasteiger partial charge is 0.497 e. The number of ether oxygens (including phenoxy) is 1. The van der Waals surface area contributed by atoms with Crippen LogP contribution in [-0.4, -0.2) is 12.1 Å². The van der Waals surface area contributed by atoms with Crippen LogP contribution in [0.25, 0.3) is 44.8 Å². The van der Waals surface area contributed by atoms with Crippen LogP contribution in [0.3, 0.4) is 0 Å². The van der Waals surface area contributed by atoms with Crippen molar-refractivity contribution in [1.82, 2.24) is 4.98 Å². The van der Waals surface area contributed by atoms with Crippen LogP contribution >= 0.6 is 11.6 Å². The van der Waals surface area contributed by atoms with Crippen molar-refractivity contribution in [3.05, 3.63) is 83.9 Å². The summed E-state index contributed by atoms with van der Waals surface area (Å²) < 4.78 is 11.5. The second kappa shape index (κ2) is 6.70. The van der Waals surface area contributed by atoms with E-state index in [9.17, 15) is 0 Å². The molecule has 2 aliphatic heterocycles. The molecule has 0 aliphatic carbocycles. The third-order valence-corrected chi connectivity index (χ3v) is 5.14. The van der Waals surface area contributed by atoms with E-state index in [-0.39, 0.29) is 0 Å². The average molecular weight is 386 g/mol. The standard InChI is InChI=1S/C24H16ClNO2/c1-27-18-12-8-16(9-13-18)22-14-20(15-6-10-17(25)11-7-15)23-19-4-2-3-5-21(19)26-24(23)28-22/h2-14H,1H3. The predicted molar refractivity (Wildman–Crippen MR) is 113 cm³/mol. The Morgan fingerprint density at radius 2 is 1.57 bits per heavy atom. The highest BCUT2D eigenvalue weighted by molar-refractivity contribution is 6.30. The minimum absolute atomic E-state index is 0.625. The molecule has 3 aromatic rings. The van der Waals surface area contributed by atoms with Gasteiger partial charge in [0.1, 0.15) is 11.5 Å². The van der Waals surface area contributed by atoms with Gasteiger partial charge in [-0.05, 0) is 59.7 Å². The second-order valence-electron chi connectivity index (χ2n) is 6.57. The lowest BCUT2D eigenvalue weighted by atomic mass is 9.97. The van der Waals surface area contributed by atoms with Gasteiger partial charge in [0.25, 0.3) is 0 Å². The van der Waals surface area contributed by atoms with Gasteiger partial charge in [0.15, 0.2) is 0 Å². The van der Waals surface area contributed by atoms with E-state index in [1.54, 1.807) is 7.11 Å². The highest BCUT2D eigenvalue weighted by atomic mass is 35.5. The molecule has 3 nitrogen and oxygen atoms in total. The zero-order valence-electron chi connectivity index (χ0n) is 15.1. The van der Waals surface area contributed by atoms with Crippen LogP contribution in [0, 0.1) is 0 Å². The normalized spacial score (nSPS) is 11.2. The second-order valence-corrected chi connectivity index (χ2v) is 7.01. The maximum atomic E-state index is 6.21. The molecule has 0 radical (unpaired) electrons. The molecule has 2 aliphatic rings. The number of aromatic nitrogens is 1. The number of benzene rings is 3. The molecule has 2 heterocycles. The van der Waals surface area contributed by atoms with E-state index in [0.29, 0.717) is 10.9 Å². The average Bonchev–Trinajstić information content (AvgIpc) is 3.12. The summed E-state index contributed by atoms with van der Waals surface area (Å²) >= 11 is 6.10. The number of para-hydroxylation sites is 1. The molecule has 136 valence electrons. The maximum Gasteiger partial charge on any atom is 0.228 e. The first-order chi connectivity index (χ1) is 13.7. The summed E-state index contributed by atoms with van der Waals surface area (Å²) in [6.07, 6.45) is 0. The van der Waals surface area contributed by atoms with Gasteiger partial charge >= 0.3 is 0 Å². The summed E-state index contributed by atoms with van der Waals surface area (Å²) in [4.78, 5) is 4.72. The van der Waals surface area contributed by atoms with Gasteiger partial charge in [-0.2, -0.15) is 0 Å². The molecule has 0 saturated carbocycles. The Bertz CT molecular complexity index is 1240. The number of hydrogen-bond donors (Lipinski definition) is 0.